The Morgan fingerprint density at radius 2 is 1.76 bits per heavy atom. The van der Waals surface area contributed by atoms with Crippen molar-refractivity contribution in [3.05, 3.63) is 0 Å². The lowest BCUT2D eigenvalue weighted by molar-refractivity contribution is -0.166. The van der Waals surface area contributed by atoms with E-state index in [0.717, 1.165) is 0 Å². The van der Waals surface area contributed by atoms with Crippen LogP contribution >= 0.6 is 0 Å². The molecule has 0 amide bonds. The van der Waals surface area contributed by atoms with Gasteiger partial charge in [-0.15, -0.1) is 0 Å². The van der Waals surface area contributed by atoms with Gasteiger partial charge in [-0.25, -0.2) is 0 Å². The Balaban J connectivity index is 1.88. The molecule has 3 aliphatic heterocycles. The minimum Gasteiger partial charge on any atom is -0.469 e. The number of nitrogens with zero attached hydrogens (tertiary/aromatic N) is 1. The summed E-state index contributed by atoms with van der Waals surface area (Å²) in [4.78, 5) is 26.2. The maximum atomic E-state index is 12.2. The second-order valence-electron chi connectivity index (χ2n) is 6.26. The van der Waals surface area contributed by atoms with Crippen LogP contribution in [-0.2, 0) is 28.5 Å². The summed E-state index contributed by atoms with van der Waals surface area (Å²) in [6, 6.07) is -0.201. The lowest BCUT2D eigenvalue weighted by Gasteiger charge is -2.26. The van der Waals surface area contributed by atoms with Gasteiger partial charge < -0.3 is 18.9 Å². The van der Waals surface area contributed by atoms with Gasteiger partial charge in [-0.3, -0.25) is 14.5 Å². The highest BCUT2D eigenvalue weighted by Crippen LogP contribution is 2.45. The van der Waals surface area contributed by atoms with Gasteiger partial charge in [0.15, 0.2) is 5.79 Å². The average molecular weight is 299 g/mol. The van der Waals surface area contributed by atoms with E-state index in [-0.39, 0.29) is 24.2 Å². The molecular formula is C14H21NO6. The Labute approximate surface area is 123 Å². The van der Waals surface area contributed by atoms with Crippen molar-refractivity contribution >= 4 is 11.9 Å². The van der Waals surface area contributed by atoms with Crippen molar-refractivity contribution in [3.8, 4) is 0 Å². The molecule has 0 bridgehead atoms. The molecule has 0 saturated carbocycles. The second kappa shape index (κ2) is 4.93. The zero-order valence-electron chi connectivity index (χ0n) is 12.7. The predicted molar refractivity (Wildman–Crippen MR) is 70.2 cm³/mol. The first kappa shape index (κ1) is 14.7. The lowest BCUT2D eigenvalue weighted by Crippen LogP contribution is -2.42. The molecular weight excluding hydrogens is 278 g/mol. The van der Waals surface area contributed by atoms with Crippen LogP contribution in [0.15, 0.2) is 0 Å². The standard InChI is InChI=1S/C14H21NO6/c1-14(2)20-8-6-15-5-7(12(16)18-3)9(13(17)19-4)10(15)11(8)21-14/h7-11H,5-6H2,1-4H3/t7-,8-,9-,10+,11-/m1/s1. The first-order valence-corrected chi connectivity index (χ1v) is 7.13. The third kappa shape index (κ3) is 2.23. The lowest BCUT2D eigenvalue weighted by atomic mass is 9.87. The van der Waals surface area contributed by atoms with Gasteiger partial charge in [-0.1, -0.05) is 0 Å². The summed E-state index contributed by atoms with van der Waals surface area (Å²) in [5, 5.41) is 0. The molecule has 3 aliphatic rings. The number of esters is 2. The molecule has 0 spiro atoms. The smallest absolute Gasteiger partial charge is 0.311 e. The van der Waals surface area contributed by atoms with Crippen molar-refractivity contribution in [3.63, 3.8) is 0 Å². The Kier molecular flexibility index (Phi) is 3.46. The minimum absolute atomic E-state index is 0.0734. The maximum absolute atomic E-state index is 12.2. The number of hydrogen-bond donors (Lipinski definition) is 0. The van der Waals surface area contributed by atoms with Gasteiger partial charge in [-0.2, -0.15) is 0 Å². The number of hydrogen-bond acceptors (Lipinski definition) is 7. The molecule has 3 saturated heterocycles. The van der Waals surface area contributed by atoms with E-state index < -0.39 is 23.6 Å². The highest BCUT2D eigenvalue weighted by molar-refractivity contribution is 5.83. The van der Waals surface area contributed by atoms with Gasteiger partial charge in [0, 0.05) is 13.1 Å². The highest BCUT2D eigenvalue weighted by Gasteiger charge is 2.62. The summed E-state index contributed by atoms with van der Waals surface area (Å²) < 4.78 is 21.5. The van der Waals surface area contributed by atoms with Gasteiger partial charge in [0.05, 0.1) is 32.1 Å². The van der Waals surface area contributed by atoms with Crippen LogP contribution in [0, 0.1) is 11.8 Å². The average Bonchev–Trinajstić information content (AvgIpc) is 3.02. The summed E-state index contributed by atoms with van der Waals surface area (Å²) in [5.41, 5.74) is 0. The molecule has 3 fully saturated rings. The van der Waals surface area contributed by atoms with E-state index >= 15 is 0 Å². The Morgan fingerprint density at radius 3 is 2.38 bits per heavy atom. The molecule has 118 valence electrons. The summed E-state index contributed by atoms with van der Waals surface area (Å²) in [7, 11) is 2.67. The molecule has 0 aromatic carbocycles. The molecule has 3 rings (SSSR count). The summed E-state index contributed by atoms with van der Waals surface area (Å²) in [6.07, 6.45) is -0.297. The van der Waals surface area contributed by atoms with Crippen molar-refractivity contribution in [2.24, 2.45) is 11.8 Å². The van der Waals surface area contributed by atoms with Crippen LogP contribution in [0.25, 0.3) is 0 Å². The molecule has 3 heterocycles. The van der Waals surface area contributed by atoms with Crippen molar-refractivity contribution in [1.82, 2.24) is 4.90 Å². The molecule has 0 aromatic heterocycles. The SMILES string of the molecule is COC(=O)[C@H]1[C@H]2[C@@H]3OC(C)(C)O[C@@H]3CN2C[C@H]1C(=O)OC. The Bertz CT molecular complexity index is 464. The Morgan fingerprint density at radius 1 is 1.10 bits per heavy atom. The number of carbonyl (C=O) groups excluding carboxylic acids is 2. The zero-order chi connectivity index (χ0) is 15.4. The molecule has 7 nitrogen and oxygen atoms in total. The number of fused-ring (bicyclic) bond motifs is 3. The van der Waals surface area contributed by atoms with E-state index in [4.69, 9.17) is 18.9 Å². The maximum Gasteiger partial charge on any atom is 0.311 e. The van der Waals surface area contributed by atoms with E-state index in [1.165, 1.54) is 14.2 Å². The number of rotatable bonds is 2. The zero-order valence-corrected chi connectivity index (χ0v) is 12.7. The summed E-state index contributed by atoms with van der Waals surface area (Å²) in [5.74, 6) is -2.53. The molecule has 0 unspecified atom stereocenters. The van der Waals surface area contributed by atoms with Crippen LogP contribution in [-0.4, -0.2) is 68.2 Å². The number of methoxy groups -OCH3 is 2. The van der Waals surface area contributed by atoms with Crippen molar-refractivity contribution in [1.29, 1.82) is 0 Å². The molecule has 0 aliphatic carbocycles. The molecule has 0 N–H and O–H groups in total. The van der Waals surface area contributed by atoms with Crippen molar-refractivity contribution in [2.75, 3.05) is 27.3 Å². The third-order valence-corrected chi connectivity index (χ3v) is 4.60. The number of carbonyl (C=O) groups is 2. The first-order chi connectivity index (χ1) is 9.88. The third-order valence-electron chi connectivity index (χ3n) is 4.60. The quantitative estimate of drug-likeness (QED) is 0.653. The van der Waals surface area contributed by atoms with Gasteiger partial charge in [-0.05, 0) is 13.8 Å². The van der Waals surface area contributed by atoms with Crippen LogP contribution < -0.4 is 0 Å². The summed E-state index contributed by atoms with van der Waals surface area (Å²) in [6.45, 7) is 4.84. The largest absolute Gasteiger partial charge is 0.469 e. The van der Waals surface area contributed by atoms with Gasteiger partial charge in [0.25, 0.3) is 0 Å². The van der Waals surface area contributed by atoms with Crippen molar-refractivity contribution < 1.29 is 28.5 Å². The van der Waals surface area contributed by atoms with Crippen LogP contribution in [0.3, 0.4) is 0 Å². The van der Waals surface area contributed by atoms with E-state index in [2.05, 4.69) is 4.90 Å². The summed E-state index contributed by atoms with van der Waals surface area (Å²) >= 11 is 0. The fraction of sp³-hybridized carbons (Fsp3) is 0.857. The minimum atomic E-state index is -0.661. The van der Waals surface area contributed by atoms with Crippen LogP contribution in [0.5, 0.6) is 0 Å². The van der Waals surface area contributed by atoms with Gasteiger partial charge in [0.1, 0.15) is 12.2 Å². The van der Waals surface area contributed by atoms with Gasteiger partial charge in [0.2, 0.25) is 0 Å². The highest BCUT2D eigenvalue weighted by atomic mass is 16.8. The van der Waals surface area contributed by atoms with E-state index in [9.17, 15) is 9.59 Å². The normalized spacial score (nSPS) is 40.7. The Hall–Kier alpha value is -1.18. The molecule has 7 heteroatoms. The second-order valence-corrected chi connectivity index (χ2v) is 6.26. The van der Waals surface area contributed by atoms with Crippen molar-refractivity contribution in [2.45, 2.75) is 37.9 Å². The number of ether oxygens (including phenoxy) is 4. The molecule has 5 atom stereocenters. The van der Waals surface area contributed by atoms with Crippen LogP contribution in [0.2, 0.25) is 0 Å². The molecule has 21 heavy (non-hydrogen) atoms. The van der Waals surface area contributed by atoms with E-state index in [1.807, 2.05) is 13.8 Å². The van der Waals surface area contributed by atoms with E-state index in [1.54, 1.807) is 0 Å². The van der Waals surface area contributed by atoms with Crippen LogP contribution in [0.1, 0.15) is 13.8 Å². The van der Waals surface area contributed by atoms with Gasteiger partial charge >= 0.3 is 11.9 Å². The molecule has 0 aromatic rings. The fourth-order valence-corrected chi connectivity index (χ4v) is 3.90. The molecule has 0 radical (unpaired) electrons. The fourth-order valence-electron chi connectivity index (χ4n) is 3.90. The van der Waals surface area contributed by atoms with E-state index in [0.29, 0.717) is 13.1 Å². The monoisotopic (exact) mass is 299 g/mol. The first-order valence-electron chi connectivity index (χ1n) is 7.13. The predicted octanol–water partition coefficient (Wildman–Crippen LogP) is -0.217. The van der Waals surface area contributed by atoms with Crippen LogP contribution in [0.4, 0.5) is 0 Å². The topological polar surface area (TPSA) is 74.3 Å².